The molecule has 0 saturated heterocycles. The minimum Gasteiger partial charge on any atom is -0.493 e. The summed E-state index contributed by atoms with van der Waals surface area (Å²) in [6.45, 7) is 0.491. The number of methoxy groups -OCH3 is 3. The molecule has 0 aliphatic carbocycles. The standard InChI is InChI=1S/C25H25N3O4S/c1-30-21-14-17(15-22(31-2)23(21)32-3)16-33-25-27-20-10-5-4-9-19(20)24(29)28(25)13-11-18-8-6-7-12-26-18/h4-10,12,14-15H,11,13,16H2,1-3H3. The Morgan fingerprint density at radius 3 is 2.33 bits per heavy atom. The van der Waals surface area contributed by atoms with Crippen molar-refractivity contribution in [2.24, 2.45) is 0 Å². The molecule has 0 unspecified atom stereocenters. The third-order valence-electron chi connectivity index (χ3n) is 5.24. The molecule has 2 heterocycles. The summed E-state index contributed by atoms with van der Waals surface area (Å²) >= 11 is 1.50. The van der Waals surface area contributed by atoms with Crippen LogP contribution in [-0.4, -0.2) is 35.9 Å². The minimum atomic E-state index is -0.0519. The molecule has 7 nitrogen and oxygen atoms in total. The molecule has 33 heavy (non-hydrogen) atoms. The van der Waals surface area contributed by atoms with Crippen LogP contribution >= 0.6 is 11.8 Å². The fourth-order valence-corrected chi connectivity index (χ4v) is 4.55. The first kappa shape index (κ1) is 22.7. The first-order chi connectivity index (χ1) is 16.1. The lowest BCUT2D eigenvalue weighted by atomic mass is 10.2. The van der Waals surface area contributed by atoms with Crippen molar-refractivity contribution < 1.29 is 14.2 Å². The van der Waals surface area contributed by atoms with Crippen LogP contribution in [0.2, 0.25) is 0 Å². The van der Waals surface area contributed by atoms with E-state index in [9.17, 15) is 4.79 Å². The predicted octanol–water partition coefficient (Wildman–Crippen LogP) is 4.35. The topological polar surface area (TPSA) is 75.5 Å². The molecule has 0 fully saturated rings. The Balaban J connectivity index is 1.67. The second-order valence-electron chi connectivity index (χ2n) is 7.26. The Labute approximate surface area is 196 Å². The highest BCUT2D eigenvalue weighted by atomic mass is 32.2. The van der Waals surface area contributed by atoms with Crippen LogP contribution in [0.4, 0.5) is 0 Å². The van der Waals surface area contributed by atoms with Gasteiger partial charge in [0.2, 0.25) is 5.75 Å². The van der Waals surface area contributed by atoms with Crippen LogP contribution in [0.1, 0.15) is 11.3 Å². The highest BCUT2D eigenvalue weighted by Gasteiger charge is 2.16. The molecule has 0 amide bonds. The van der Waals surface area contributed by atoms with Gasteiger partial charge in [0.15, 0.2) is 16.7 Å². The fourth-order valence-electron chi connectivity index (χ4n) is 3.59. The van der Waals surface area contributed by atoms with E-state index in [-0.39, 0.29) is 5.56 Å². The second-order valence-corrected chi connectivity index (χ2v) is 8.20. The molecule has 4 aromatic rings. The van der Waals surface area contributed by atoms with Gasteiger partial charge in [0, 0.05) is 30.6 Å². The summed E-state index contributed by atoms with van der Waals surface area (Å²) < 4.78 is 18.1. The Kier molecular flexibility index (Phi) is 7.14. The number of fused-ring (bicyclic) bond motifs is 1. The summed E-state index contributed by atoms with van der Waals surface area (Å²) in [7, 11) is 4.76. The van der Waals surface area contributed by atoms with Gasteiger partial charge in [0.25, 0.3) is 5.56 Å². The average Bonchev–Trinajstić information content (AvgIpc) is 2.86. The zero-order valence-corrected chi connectivity index (χ0v) is 19.6. The maximum absolute atomic E-state index is 13.3. The molecule has 0 radical (unpaired) electrons. The molecule has 4 rings (SSSR count). The molecule has 0 spiro atoms. The van der Waals surface area contributed by atoms with Crippen LogP contribution in [0.5, 0.6) is 17.2 Å². The van der Waals surface area contributed by atoms with Gasteiger partial charge in [-0.05, 0) is 42.0 Å². The average molecular weight is 464 g/mol. The number of ether oxygens (including phenoxy) is 3. The van der Waals surface area contributed by atoms with Crippen molar-refractivity contribution in [2.75, 3.05) is 21.3 Å². The lowest BCUT2D eigenvalue weighted by molar-refractivity contribution is 0.324. The van der Waals surface area contributed by atoms with Gasteiger partial charge in [-0.1, -0.05) is 30.0 Å². The number of aromatic nitrogens is 3. The third-order valence-corrected chi connectivity index (χ3v) is 6.28. The van der Waals surface area contributed by atoms with Crippen molar-refractivity contribution in [1.29, 1.82) is 0 Å². The van der Waals surface area contributed by atoms with E-state index in [2.05, 4.69) is 4.98 Å². The molecule has 0 aliphatic heterocycles. The van der Waals surface area contributed by atoms with Crippen molar-refractivity contribution in [2.45, 2.75) is 23.9 Å². The molecular weight excluding hydrogens is 438 g/mol. The summed E-state index contributed by atoms with van der Waals surface area (Å²) in [4.78, 5) is 22.5. The third kappa shape index (κ3) is 4.96. The van der Waals surface area contributed by atoms with E-state index >= 15 is 0 Å². The summed E-state index contributed by atoms with van der Waals surface area (Å²) in [5.74, 6) is 2.30. The number of para-hydroxylation sites is 1. The van der Waals surface area contributed by atoms with Crippen molar-refractivity contribution in [1.82, 2.24) is 14.5 Å². The predicted molar refractivity (Wildman–Crippen MR) is 130 cm³/mol. The number of pyridine rings is 1. The minimum absolute atomic E-state index is 0.0519. The summed E-state index contributed by atoms with van der Waals surface area (Å²) in [6, 6.07) is 17.0. The van der Waals surface area contributed by atoms with Crippen molar-refractivity contribution in [3.05, 3.63) is 82.4 Å². The molecule has 0 aliphatic rings. The Morgan fingerprint density at radius 2 is 1.67 bits per heavy atom. The van der Waals surface area contributed by atoms with E-state index < -0.39 is 0 Å². The number of thioether (sulfide) groups is 1. The number of benzene rings is 2. The molecular formula is C25H25N3O4S. The molecule has 8 heteroatoms. The normalized spacial score (nSPS) is 10.9. The number of hydrogen-bond acceptors (Lipinski definition) is 7. The molecule has 170 valence electrons. The molecule has 0 N–H and O–H groups in total. The van der Waals surface area contributed by atoms with Gasteiger partial charge >= 0.3 is 0 Å². The van der Waals surface area contributed by atoms with Gasteiger partial charge in [-0.2, -0.15) is 0 Å². The summed E-state index contributed by atoms with van der Waals surface area (Å²) in [5, 5.41) is 1.26. The van der Waals surface area contributed by atoms with Crippen LogP contribution in [0.25, 0.3) is 10.9 Å². The monoisotopic (exact) mass is 463 g/mol. The Hall–Kier alpha value is -3.52. The first-order valence-corrected chi connectivity index (χ1v) is 11.4. The van der Waals surface area contributed by atoms with Crippen molar-refractivity contribution in [3.63, 3.8) is 0 Å². The van der Waals surface area contributed by atoms with Crippen LogP contribution in [-0.2, 0) is 18.7 Å². The van der Waals surface area contributed by atoms with Crippen LogP contribution < -0.4 is 19.8 Å². The maximum Gasteiger partial charge on any atom is 0.262 e. The molecule has 2 aromatic carbocycles. The zero-order valence-electron chi connectivity index (χ0n) is 18.8. The van der Waals surface area contributed by atoms with E-state index in [0.717, 1.165) is 11.3 Å². The summed E-state index contributed by atoms with van der Waals surface area (Å²) in [5.41, 5.74) is 2.53. The zero-order chi connectivity index (χ0) is 23.2. The van der Waals surface area contributed by atoms with E-state index in [0.29, 0.717) is 52.0 Å². The molecule has 0 bridgehead atoms. The van der Waals surface area contributed by atoms with Gasteiger partial charge in [0.1, 0.15) is 0 Å². The fraction of sp³-hybridized carbons (Fsp3) is 0.240. The van der Waals surface area contributed by atoms with Gasteiger partial charge in [0.05, 0.1) is 32.2 Å². The van der Waals surface area contributed by atoms with E-state index in [1.807, 2.05) is 54.6 Å². The van der Waals surface area contributed by atoms with Crippen LogP contribution in [0.15, 0.2) is 70.7 Å². The number of nitrogens with zero attached hydrogens (tertiary/aromatic N) is 3. The highest BCUT2D eigenvalue weighted by Crippen LogP contribution is 2.39. The van der Waals surface area contributed by atoms with E-state index in [1.54, 1.807) is 32.1 Å². The van der Waals surface area contributed by atoms with Crippen molar-refractivity contribution in [3.8, 4) is 17.2 Å². The SMILES string of the molecule is COc1cc(CSc2nc3ccccc3c(=O)n2CCc2ccccn2)cc(OC)c1OC. The van der Waals surface area contributed by atoms with Gasteiger partial charge < -0.3 is 14.2 Å². The number of aryl methyl sites for hydroxylation is 1. The van der Waals surface area contributed by atoms with Gasteiger partial charge in [-0.15, -0.1) is 0 Å². The van der Waals surface area contributed by atoms with Crippen molar-refractivity contribution >= 4 is 22.7 Å². The molecule has 2 aromatic heterocycles. The second kappa shape index (κ2) is 10.4. The largest absolute Gasteiger partial charge is 0.493 e. The number of hydrogen-bond donors (Lipinski definition) is 0. The lowest BCUT2D eigenvalue weighted by Gasteiger charge is -2.15. The molecule has 0 atom stereocenters. The van der Waals surface area contributed by atoms with Crippen LogP contribution in [0, 0.1) is 0 Å². The van der Waals surface area contributed by atoms with Crippen LogP contribution in [0.3, 0.4) is 0 Å². The maximum atomic E-state index is 13.3. The van der Waals surface area contributed by atoms with Gasteiger partial charge in [-0.25, -0.2) is 4.98 Å². The Morgan fingerprint density at radius 1 is 0.939 bits per heavy atom. The smallest absolute Gasteiger partial charge is 0.262 e. The number of rotatable bonds is 9. The Bertz CT molecular complexity index is 1280. The quantitative estimate of drug-likeness (QED) is 0.270. The summed E-state index contributed by atoms with van der Waals surface area (Å²) in [6.07, 6.45) is 2.40. The molecule has 0 saturated carbocycles. The van der Waals surface area contributed by atoms with E-state index in [4.69, 9.17) is 19.2 Å². The highest BCUT2D eigenvalue weighted by molar-refractivity contribution is 7.98. The lowest BCUT2D eigenvalue weighted by Crippen LogP contribution is -2.24. The van der Waals surface area contributed by atoms with E-state index in [1.165, 1.54) is 11.8 Å². The van der Waals surface area contributed by atoms with Gasteiger partial charge in [-0.3, -0.25) is 14.3 Å². The first-order valence-electron chi connectivity index (χ1n) is 10.5.